The van der Waals surface area contributed by atoms with Crippen molar-refractivity contribution in [2.45, 2.75) is 39.3 Å². The monoisotopic (exact) mass is 386 g/mol. The average molecular weight is 387 g/mol. The SMILES string of the molecule is COc1cc(C(C)NC(=O)C2CNCCO2)ccc1OCCC(C)C.Cl. The van der Waals surface area contributed by atoms with Gasteiger partial charge in [0.1, 0.15) is 6.10 Å². The first-order valence-electron chi connectivity index (χ1n) is 8.94. The number of morpholine rings is 1. The topological polar surface area (TPSA) is 68.8 Å². The molecule has 148 valence electrons. The van der Waals surface area contributed by atoms with E-state index in [-0.39, 0.29) is 24.4 Å². The summed E-state index contributed by atoms with van der Waals surface area (Å²) >= 11 is 0. The molecule has 6 nitrogen and oxygen atoms in total. The number of hydrogen-bond donors (Lipinski definition) is 2. The van der Waals surface area contributed by atoms with Crippen molar-refractivity contribution in [2.24, 2.45) is 5.92 Å². The van der Waals surface area contributed by atoms with Gasteiger partial charge in [-0.3, -0.25) is 4.79 Å². The fourth-order valence-corrected chi connectivity index (χ4v) is 2.60. The zero-order chi connectivity index (χ0) is 18.2. The van der Waals surface area contributed by atoms with E-state index in [1.807, 2.05) is 25.1 Å². The number of hydrogen-bond acceptors (Lipinski definition) is 5. The van der Waals surface area contributed by atoms with Gasteiger partial charge in [-0.25, -0.2) is 0 Å². The van der Waals surface area contributed by atoms with Gasteiger partial charge in [0.2, 0.25) is 0 Å². The highest BCUT2D eigenvalue weighted by Gasteiger charge is 2.23. The maximum atomic E-state index is 12.3. The van der Waals surface area contributed by atoms with E-state index in [4.69, 9.17) is 14.2 Å². The third-order valence-electron chi connectivity index (χ3n) is 4.22. The smallest absolute Gasteiger partial charge is 0.250 e. The molecule has 7 heteroatoms. The van der Waals surface area contributed by atoms with Gasteiger partial charge in [-0.2, -0.15) is 0 Å². The minimum absolute atomic E-state index is 0. The second-order valence-corrected chi connectivity index (χ2v) is 6.74. The Bertz CT molecular complexity index is 562. The molecule has 0 radical (unpaired) electrons. The molecule has 0 aliphatic carbocycles. The third kappa shape index (κ3) is 6.67. The molecule has 1 aromatic rings. The summed E-state index contributed by atoms with van der Waals surface area (Å²) in [5.74, 6) is 1.90. The molecule has 1 aromatic carbocycles. The summed E-state index contributed by atoms with van der Waals surface area (Å²) in [6.07, 6.45) is 0.559. The van der Waals surface area contributed by atoms with Crippen LogP contribution < -0.4 is 20.1 Å². The molecule has 26 heavy (non-hydrogen) atoms. The maximum absolute atomic E-state index is 12.3. The van der Waals surface area contributed by atoms with E-state index in [0.29, 0.717) is 31.4 Å². The first kappa shape index (κ1) is 22.5. The molecule has 2 unspecified atom stereocenters. The lowest BCUT2D eigenvalue weighted by Crippen LogP contribution is -2.48. The van der Waals surface area contributed by atoms with Crippen LogP contribution in [0.5, 0.6) is 11.5 Å². The number of benzene rings is 1. The van der Waals surface area contributed by atoms with Crippen molar-refractivity contribution in [3.63, 3.8) is 0 Å². The Morgan fingerprint density at radius 3 is 2.73 bits per heavy atom. The predicted octanol–water partition coefficient (Wildman–Crippen LogP) is 2.71. The molecule has 0 spiro atoms. The number of rotatable bonds is 8. The Labute approximate surface area is 162 Å². The van der Waals surface area contributed by atoms with Crippen LogP contribution in [0.3, 0.4) is 0 Å². The number of nitrogens with one attached hydrogen (secondary N) is 2. The summed E-state index contributed by atoms with van der Waals surface area (Å²) in [7, 11) is 1.62. The summed E-state index contributed by atoms with van der Waals surface area (Å²) in [5.41, 5.74) is 0.963. The Balaban J connectivity index is 0.00000338. The van der Waals surface area contributed by atoms with Crippen LogP contribution in [0, 0.1) is 5.92 Å². The van der Waals surface area contributed by atoms with Crippen molar-refractivity contribution >= 4 is 18.3 Å². The van der Waals surface area contributed by atoms with E-state index < -0.39 is 6.10 Å². The van der Waals surface area contributed by atoms with Gasteiger partial charge in [-0.1, -0.05) is 19.9 Å². The lowest BCUT2D eigenvalue weighted by molar-refractivity contribution is -0.134. The van der Waals surface area contributed by atoms with E-state index in [1.165, 1.54) is 0 Å². The minimum Gasteiger partial charge on any atom is -0.493 e. The van der Waals surface area contributed by atoms with Crippen molar-refractivity contribution in [1.82, 2.24) is 10.6 Å². The number of amides is 1. The number of carbonyl (C=O) groups is 1. The minimum atomic E-state index is -0.434. The second kappa shape index (κ2) is 11.3. The Morgan fingerprint density at radius 2 is 2.12 bits per heavy atom. The Kier molecular flexibility index (Phi) is 9.76. The average Bonchev–Trinajstić information content (AvgIpc) is 2.62. The molecule has 1 fully saturated rings. The van der Waals surface area contributed by atoms with Gasteiger partial charge in [-0.15, -0.1) is 12.4 Å². The Hall–Kier alpha value is -1.50. The van der Waals surface area contributed by atoms with Gasteiger partial charge in [-0.05, 0) is 37.0 Å². The number of ether oxygens (including phenoxy) is 3. The standard InChI is InChI=1S/C19H30N2O4.ClH/c1-13(2)7-9-24-16-6-5-15(11-17(16)23-4)14(3)21-19(22)18-12-20-8-10-25-18;/h5-6,11,13-14,18,20H,7-10,12H2,1-4H3,(H,21,22);1H. The molecule has 1 aliphatic rings. The van der Waals surface area contributed by atoms with E-state index >= 15 is 0 Å². The fraction of sp³-hybridized carbons (Fsp3) is 0.632. The van der Waals surface area contributed by atoms with Gasteiger partial charge in [0.15, 0.2) is 11.5 Å². The highest BCUT2D eigenvalue weighted by Crippen LogP contribution is 2.30. The number of methoxy groups -OCH3 is 1. The lowest BCUT2D eigenvalue weighted by atomic mass is 10.1. The molecule has 2 rings (SSSR count). The molecule has 0 saturated carbocycles. The van der Waals surface area contributed by atoms with Crippen LogP contribution in [-0.2, 0) is 9.53 Å². The normalized spacial score (nSPS) is 18.0. The van der Waals surface area contributed by atoms with Crippen LogP contribution in [0.2, 0.25) is 0 Å². The summed E-state index contributed by atoms with van der Waals surface area (Å²) in [6.45, 7) is 8.83. The largest absolute Gasteiger partial charge is 0.493 e. The van der Waals surface area contributed by atoms with Gasteiger partial charge in [0, 0.05) is 13.1 Å². The molecule has 0 aromatic heterocycles. The molecule has 1 saturated heterocycles. The highest BCUT2D eigenvalue weighted by molar-refractivity contribution is 5.85. The fourth-order valence-electron chi connectivity index (χ4n) is 2.60. The van der Waals surface area contributed by atoms with Gasteiger partial charge in [0.25, 0.3) is 5.91 Å². The van der Waals surface area contributed by atoms with Crippen LogP contribution in [0.25, 0.3) is 0 Å². The van der Waals surface area contributed by atoms with Crippen LogP contribution in [0.15, 0.2) is 18.2 Å². The number of carbonyl (C=O) groups excluding carboxylic acids is 1. The first-order chi connectivity index (χ1) is 12.0. The van der Waals surface area contributed by atoms with Crippen LogP contribution in [0.1, 0.15) is 38.8 Å². The van der Waals surface area contributed by atoms with Crippen molar-refractivity contribution in [2.75, 3.05) is 33.4 Å². The number of halogens is 1. The van der Waals surface area contributed by atoms with Crippen molar-refractivity contribution in [3.8, 4) is 11.5 Å². The quantitative estimate of drug-likeness (QED) is 0.719. The van der Waals surface area contributed by atoms with Crippen LogP contribution >= 0.6 is 12.4 Å². The summed E-state index contributed by atoms with van der Waals surface area (Å²) in [5, 5.41) is 6.15. The van der Waals surface area contributed by atoms with Gasteiger partial charge in [0.05, 0.1) is 26.4 Å². The van der Waals surface area contributed by atoms with E-state index in [2.05, 4.69) is 24.5 Å². The van der Waals surface area contributed by atoms with Crippen molar-refractivity contribution < 1.29 is 19.0 Å². The first-order valence-corrected chi connectivity index (χ1v) is 8.94. The zero-order valence-corrected chi connectivity index (χ0v) is 16.9. The third-order valence-corrected chi connectivity index (χ3v) is 4.22. The molecule has 2 N–H and O–H groups in total. The highest BCUT2D eigenvalue weighted by atomic mass is 35.5. The molecular weight excluding hydrogens is 356 g/mol. The molecule has 2 atom stereocenters. The summed E-state index contributed by atoms with van der Waals surface area (Å²) < 4.78 is 16.7. The van der Waals surface area contributed by atoms with E-state index in [0.717, 1.165) is 24.3 Å². The van der Waals surface area contributed by atoms with Crippen LogP contribution in [0.4, 0.5) is 0 Å². The molecular formula is C19H31ClN2O4. The second-order valence-electron chi connectivity index (χ2n) is 6.74. The molecule has 1 heterocycles. The molecule has 0 bridgehead atoms. The van der Waals surface area contributed by atoms with Gasteiger partial charge < -0.3 is 24.8 Å². The van der Waals surface area contributed by atoms with Crippen molar-refractivity contribution in [3.05, 3.63) is 23.8 Å². The molecule has 1 aliphatic heterocycles. The summed E-state index contributed by atoms with van der Waals surface area (Å²) in [6, 6.07) is 5.63. The maximum Gasteiger partial charge on any atom is 0.250 e. The zero-order valence-electron chi connectivity index (χ0n) is 16.0. The molecule has 1 amide bonds. The van der Waals surface area contributed by atoms with Crippen LogP contribution in [-0.4, -0.2) is 45.4 Å². The van der Waals surface area contributed by atoms with E-state index in [1.54, 1.807) is 7.11 Å². The van der Waals surface area contributed by atoms with Gasteiger partial charge >= 0.3 is 0 Å². The van der Waals surface area contributed by atoms with Crippen molar-refractivity contribution in [1.29, 1.82) is 0 Å². The Morgan fingerprint density at radius 1 is 1.35 bits per heavy atom. The predicted molar refractivity (Wildman–Crippen MR) is 104 cm³/mol. The summed E-state index contributed by atoms with van der Waals surface area (Å²) in [4.78, 5) is 12.3. The van der Waals surface area contributed by atoms with E-state index in [9.17, 15) is 4.79 Å². The lowest BCUT2D eigenvalue weighted by Gasteiger charge is -2.25.